The summed E-state index contributed by atoms with van der Waals surface area (Å²) in [6.45, 7) is 11.0. The van der Waals surface area contributed by atoms with Gasteiger partial charge in [-0.1, -0.05) is 30.3 Å². The monoisotopic (exact) mass is 527 g/mol. The van der Waals surface area contributed by atoms with Gasteiger partial charge in [0.2, 0.25) is 5.52 Å². The van der Waals surface area contributed by atoms with Crippen LogP contribution in [0.15, 0.2) is 59.5 Å². The third-order valence-electron chi connectivity index (χ3n) is 6.97. The van der Waals surface area contributed by atoms with E-state index in [0.717, 1.165) is 11.3 Å². The van der Waals surface area contributed by atoms with Crippen molar-refractivity contribution >= 4 is 34.1 Å². The molecule has 2 atom stereocenters. The Morgan fingerprint density at radius 1 is 1.18 bits per heavy atom. The first-order valence-corrected chi connectivity index (χ1v) is 12.4. The van der Waals surface area contributed by atoms with Crippen LogP contribution in [-0.4, -0.2) is 45.1 Å². The number of piperazine rings is 1. The standard InChI is InChI=1S/C28H23ClFN7O/c1-17-16-36(27-21(14-31)28(38)35(3)23-10-11-24(32-2)34-25(23)27)12-13-37(17)26(18-4-7-20(30)8-5-18)22-9-6-19(29)15-33-22/h4-11,15,17,26H,12-13,16H2,1,3H3/t17-,26?/m1/s1. The number of anilines is 1. The molecule has 1 saturated heterocycles. The van der Waals surface area contributed by atoms with Crippen molar-refractivity contribution in [2.24, 2.45) is 7.05 Å². The van der Waals surface area contributed by atoms with Crippen LogP contribution in [0.5, 0.6) is 0 Å². The molecule has 3 aromatic heterocycles. The number of halogens is 2. The Labute approximate surface area is 224 Å². The van der Waals surface area contributed by atoms with E-state index in [1.54, 1.807) is 43.6 Å². The van der Waals surface area contributed by atoms with E-state index in [2.05, 4.69) is 32.7 Å². The van der Waals surface area contributed by atoms with Crippen LogP contribution in [-0.2, 0) is 7.05 Å². The van der Waals surface area contributed by atoms with Crippen molar-refractivity contribution in [3.05, 3.63) is 104 Å². The van der Waals surface area contributed by atoms with E-state index in [-0.39, 0.29) is 29.3 Å². The van der Waals surface area contributed by atoms with Crippen molar-refractivity contribution in [1.82, 2.24) is 19.4 Å². The first-order chi connectivity index (χ1) is 18.3. The average molecular weight is 528 g/mol. The van der Waals surface area contributed by atoms with Gasteiger partial charge in [0.1, 0.15) is 23.1 Å². The summed E-state index contributed by atoms with van der Waals surface area (Å²) in [4.78, 5) is 29.9. The van der Waals surface area contributed by atoms with Crippen molar-refractivity contribution in [3.63, 3.8) is 0 Å². The molecule has 10 heteroatoms. The zero-order valence-corrected chi connectivity index (χ0v) is 21.5. The predicted molar refractivity (Wildman–Crippen MR) is 144 cm³/mol. The van der Waals surface area contributed by atoms with Gasteiger partial charge < -0.3 is 14.3 Å². The molecule has 38 heavy (non-hydrogen) atoms. The highest BCUT2D eigenvalue weighted by molar-refractivity contribution is 6.30. The van der Waals surface area contributed by atoms with Crippen LogP contribution < -0.4 is 10.5 Å². The van der Waals surface area contributed by atoms with Gasteiger partial charge in [-0.05, 0) is 48.9 Å². The molecule has 1 unspecified atom stereocenters. The van der Waals surface area contributed by atoms with Gasteiger partial charge in [0.05, 0.1) is 22.3 Å². The zero-order valence-electron chi connectivity index (χ0n) is 20.8. The van der Waals surface area contributed by atoms with E-state index in [1.165, 1.54) is 16.7 Å². The molecule has 0 N–H and O–H groups in total. The summed E-state index contributed by atoms with van der Waals surface area (Å²) in [5.41, 5.74) is 2.73. The fourth-order valence-electron chi connectivity index (χ4n) is 5.14. The van der Waals surface area contributed by atoms with E-state index in [9.17, 15) is 14.4 Å². The summed E-state index contributed by atoms with van der Waals surface area (Å²) in [6.07, 6.45) is 1.60. The number of nitriles is 1. The topological polar surface area (TPSA) is 82.4 Å². The van der Waals surface area contributed by atoms with Crippen LogP contribution in [0.2, 0.25) is 5.02 Å². The molecule has 190 valence electrons. The Balaban J connectivity index is 1.56. The number of aryl methyl sites for hydroxylation is 1. The van der Waals surface area contributed by atoms with Crippen LogP contribution in [0.3, 0.4) is 0 Å². The maximum absolute atomic E-state index is 13.7. The number of benzene rings is 1. The second-order valence-electron chi connectivity index (χ2n) is 9.24. The third kappa shape index (κ3) is 4.47. The van der Waals surface area contributed by atoms with Crippen LogP contribution in [0.4, 0.5) is 15.9 Å². The van der Waals surface area contributed by atoms with Crippen molar-refractivity contribution in [2.45, 2.75) is 19.0 Å². The highest BCUT2D eigenvalue weighted by Gasteiger charge is 2.35. The quantitative estimate of drug-likeness (QED) is 0.353. The minimum absolute atomic E-state index is 0.00438. The summed E-state index contributed by atoms with van der Waals surface area (Å²) in [7, 11) is 1.60. The fourth-order valence-corrected chi connectivity index (χ4v) is 5.25. The number of aromatic nitrogens is 3. The van der Waals surface area contributed by atoms with E-state index in [0.29, 0.717) is 41.4 Å². The molecule has 0 bridgehead atoms. The van der Waals surface area contributed by atoms with Crippen LogP contribution in [0.25, 0.3) is 15.9 Å². The molecule has 0 radical (unpaired) electrons. The molecule has 1 fully saturated rings. The van der Waals surface area contributed by atoms with Crippen LogP contribution >= 0.6 is 11.6 Å². The van der Waals surface area contributed by atoms with E-state index in [1.807, 2.05) is 11.0 Å². The Bertz CT molecular complexity index is 1610. The van der Waals surface area contributed by atoms with Gasteiger partial charge >= 0.3 is 0 Å². The molecule has 0 aliphatic carbocycles. The minimum Gasteiger partial charge on any atom is -0.364 e. The third-order valence-corrected chi connectivity index (χ3v) is 7.19. The predicted octanol–water partition coefficient (Wildman–Crippen LogP) is 4.84. The molecule has 0 amide bonds. The number of hydrogen-bond acceptors (Lipinski definition) is 6. The zero-order chi connectivity index (χ0) is 27.0. The van der Waals surface area contributed by atoms with Crippen LogP contribution in [0, 0.1) is 23.7 Å². The SMILES string of the molecule is [C-]#[N+]c1ccc2c(n1)c(N1CCN(C(c3ccc(F)cc3)c3ccc(Cl)cn3)[C@H](C)C1)c(C#N)c(=O)n2C. The molecule has 1 aromatic carbocycles. The van der Waals surface area contributed by atoms with E-state index in [4.69, 9.17) is 18.2 Å². The van der Waals surface area contributed by atoms with Crippen LogP contribution in [0.1, 0.15) is 29.8 Å². The fraction of sp³-hybridized carbons (Fsp3) is 0.250. The van der Waals surface area contributed by atoms with Gasteiger partial charge in [-0.2, -0.15) is 5.26 Å². The molecule has 0 saturated carbocycles. The van der Waals surface area contributed by atoms with Gasteiger partial charge in [0.25, 0.3) is 11.4 Å². The van der Waals surface area contributed by atoms with Gasteiger partial charge in [-0.25, -0.2) is 4.39 Å². The molecule has 8 nitrogen and oxygen atoms in total. The van der Waals surface area contributed by atoms with Gasteiger partial charge in [0, 0.05) is 38.9 Å². The molecule has 4 aromatic rings. The lowest BCUT2D eigenvalue weighted by Crippen LogP contribution is -2.53. The lowest BCUT2D eigenvalue weighted by Gasteiger charge is -2.44. The number of pyridine rings is 3. The van der Waals surface area contributed by atoms with Crippen molar-refractivity contribution < 1.29 is 4.39 Å². The van der Waals surface area contributed by atoms with Gasteiger partial charge in [-0.3, -0.25) is 14.7 Å². The first-order valence-electron chi connectivity index (χ1n) is 12.0. The van der Waals surface area contributed by atoms with Gasteiger partial charge in [-0.15, -0.1) is 4.98 Å². The number of nitrogens with zero attached hydrogens (tertiary/aromatic N) is 7. The second kappa shape index (κ2) is 10.2. The average Bonchev–Trinajstić information content (AvgIpc) is 2.93. The summed E-state index contributed by atoms with van der Waals surface area (Å²) >= 11 is 6.10. The maximum Gasteiger partial charge on any atom is 0.271 e. The van der Waals surface area contributed by atoms with Crippen molar-refractivity contribution in [3.8, 4) is 6.07 Å². The highest BCUT2D eigenvalue weighted by atomic mass is 35.5. The van der Waals surface area contributed by atoms with Gasteiger partial charge in [0.15, 0.2) is 0 Å². The summed E-state index contributed by atoms with van der Waals surface area (Å²) in [5.74, 6) is -0.125. The molecule has 4 heterocycles. The van der Waals surface area contributed by atoms with Crippen molar-refractivity contribution in [2.75, 3.05) is 24.5 Å². The van der Waals surface area contributed by atoms with Crippen molar-refractivity contribution in [1.29, 1.82) is 5.26 Å². The summed E-state index contributed by atoms with van der Waals surface area (Å²) < 4.78 is 15.1. The Hall–Kier alpha value is -4.31. The Kier molecular flexibility index (Phi) is 6.81. The van der Waals surface area contributed by atoms with E-state index >= 15 is 0 Å². The largest absolute Gasteiger partial charge is 0.364 e. The lowest BCUT2D eigenvalue weighted by molar-refractivity contribution is 0.147. The summed E-state index contributed by atoms with van der Waals surface area (Å²) in [6, 6.07) is 15.1. The molecular formula is C28H23ClFN7O. The first kappa shape index (κ1) is 25.3. The smallest absolute Gasteiger partial charge is 0.271 e. The molecule has 5 rings (SSSR count). The lowest BCUT2D eigenvalue weighted by atomic mass is 9.97. The normalized spacial score (nSPS) is 16.7. The Morgan fingerprint density at radius 2 is 1.95 bits per heavy atom. The number of rotatable bonds is 4. The second-order valence-corrected chi connectivity index (χ2v) is 9.67. The number of fused-ring (bicyclic) bond motifs is 1. The summed E-state index contributed by atoms with van der Waals surface area (Å²) in [5, 5.41) is 10.5. The number of hydrogen-bond donors (Lipinski definition) is 0. The maximum atomic E-state index is 13.7. The Morgan fingerprint density at radius 3 is 2.58 bits per heavy atom. The minimum atomic E-state index is -0.406. The molecule has 1 aliphatic heterocycles. The molecule has 1 aliphatic rings. The molecular weight excluding hydrogens is 505 g/mol. The molecule has 0 spiro atoms. The van der Waals surface area contributed by atoms with E-state index < -0.39 is 5.56 Å². The highest BCUT2D eigenvalue weighted by Crippen LogP contribution is 2.35.